The number of methoxy groups -OCH3 is 2. The van der Waals surface area contributed by atoms with Gasteiger partial charge in [0, 0.05) is 23.9 Å². The number of carbonyl (C=O) groups is 1. The fourth-order valence-corrected chi connectivity index (χ4v) is 3.64. The zero-order valence-corrected chi connectivity index (χ0v) is 18.0. The van der Waals surface area contributed by atoms with Gasteiger partial charge in [0.15, 0.2) is 11.0 Å². The molecule has 1 aromatic heterocycles. The zero-order chi connectivity index (χ0) is 21.5. The Morgan fingerprint density at radius 1 is 1.17 bits per heavy atom. The van der Waals surface area contributed by atoms with Crippen LogP contribution in [0.5, 0.6) is 11.5 Å². The molecule has 156 valence electrons. The van der Waals surface area contributed by atoms with Crippen LogP contribution in [0, 0.1) is 0 Å². The highest BCUT2D eigenvalue weighted by atomic mass is 32.2. The van der Waals surface area contributed by atoms with Crippen molar-refractivity contribution in [2.24, 2.45) is 0 Å². The highest BCUT2D eigenvalue weighted by Crippen LogP contribution is 2.28. The van der Waals surface area contributed by atoms with Gasteiger partial charge in [-0.2, -0.15) is 0 Å². The molecule has 7 nitrogen and oxygen atoms in total. The van der Waals surface area contributed by atoms with Crippen LogP contribution in [0.25, 0.3) is 11.4 Å². The Kier molecular flexibility index (Phi) is 7.13. The van der Waals surface area contributed by atoms with Crippen molar-refractivity contribution in [1.82, 2.24) is 14.8 Å². The maximum atomic E-state index is 12.7. The van der Waals surface area contributed by atoms with Gasteiger partial charge in [0.05, 0.1) is 19.5 Å². The lowest BCUT2D eigenvalue weighted by Crippen LogP contribution is -2.23. The van der Waals surface area contributed by atoms with Crippen LogP contribution in [-0.4, -0.2) is 40.1 Å². The van der Waals surface area contributed by atoms with E-state index in [4.69, 9.17) is 9.47 Å². The van der Waals surface area contributed by atoms with E-state index in [2.05, 4.69) is 22.1 Å². The fraction of sp³-hybridized carbons (Fsp3) is 0.227. The van der Waals surface area contributed by atoms with E-state index in [1.54, 1.807) is 26.4 Å². The summed E-state index contributed by atoms with van der Waals surface area (Å²) in [6, 6.07) is 14.8. The number of nitrogens with one attached hydrogen (secondary N) is 1. The van der Waals surface area contributed by atoms with Crippen molar-refractivity contribution in [3.8, 4) is 22.9 Å². The van der Waals surface area contributed by atoms with Crippen LogP contribution >= 0.6 is 11.8 Å². The third kappa shape index (κ3) is 5.01. The molecule has 0 saturated carbocycles. The molecule has 0 fully saturated rings. The van der Waals surface area contributed by atoms with E-state index >= 15 is 0 Å². The van der Waals surface area contributed by atoms with Gasteiger partial charge >= 0.3 is 0 Å². The number of allylic oxidation sites excluding steroid dienone is 1. The smallest absolute Gasteiger partial charge is 0.237 e. The summed E-state index contributed by atoms with van der Waals surface area (Å²) in [5.41, 5.74) is 1.59. The van der Waals surface area contributed by atoms with Gasteiger partial charge in [-0.1, -0.05) is 23.9 Å². The Morgan fingerprint density at radius 3 is 2.57 bits per heavy atom. The maximum Gasteiger partial charge on any atom is 0.237 e. The van der Waals surface area contributed by atoms with E-state index in [-0.39, 0.29) is 11.2 Å². The van der Waals surface area contributed by atoms with Crippen LogP contribution in [0.1, 0.15) is 6.92 Å². The minimum atomic E-state index is -0.382. The van der Waals surface area contributed by atoms with Gasteiger partial charge in [0.25, 0.3) is 0 Å². The van der Waals surface area contributed by atoms with E-state index in [9.17, 15) is 4.79 Å². The molecule has 3 rings (SSSR count). The molecule has 8 heteroatoms. The van der Waals surface area contributed by atoms with Crippen molar-refractivity contribution >= 4 is 23.4 Å². The van der Waals surface area contributed by atoms with Crippen molar-refractivity contribution < 1.29 is 14.3 Å². The molecule has 0 spiro atoms. The minimum absolute atomic E-state index is 0.132. The first kappa shape index (κ1) is 21.4. The second-order valence-electron chi connectivity index (χ2n) is 6.42. The highest BCUT2D eigenvalue weighted by Gasteiger charge is 2.21. The minimum Gasteiger partial charge on any atom is -0.497 e. The fourth-order valence-electron chi connectivity index (χ4n) is 2.78. The summed E-state index contributed by atoms with van der Waals surface area (Å²) in [6.45, 7) is 6.19. The summed E-state index contributed by atoms with van der Waals surface area (Å²) in [4.78, 5) is 12.7. The third-order valence-electron chi connectivity index (χ3n) is 4.37. The lowest BCUT2D eigenvalue weighted by molar-refractivity contribution is -0.115. The topological polar surface area (TPSA) is 78.3 Å². The second kappa shape index (κ2) is 9.98. The zero-order valence-electron chi connectivity index (χ0n) is 17.2. The van der Waals surface area contributed by atoms with Crippen LogP contribution in [0.4, 0.5) is 5.69 Å². The molecule has 1 N–H and O–H groups in total. The number of carbonyl (C=O) groups excluding carboxylic acids is 1. The molecule has 0 bridgehead atoms. The average molecular weight is 425 g/mol. The summed E-state index contributed by atoms with van der Waals surface area (Å²) in [7, 11) is 3.22. The number of hydrogen-bond donors (Lipinski definition) is 1. The maximum absolute atomic E-state index is 12.7. The molecule has 0 aliphatic carbocycles. The molecule has 2 aromatic carbocycles. The Balaban J connectivity index is 1.76. The van der Waals surface area contributed by atoms with Crippen LogP contribution in [0.3, 0.4) is 0 Å². The molecule has 3 aromatic rings. The largest absolute Gasteiger partial charge is 0.497 e. The van der Waals surface area contributed by atoms with Gasteiger partial charge < -0.3 is 14.8 Å². The van der Waals surface area contributed by atoms with Crippen LogP contribution in [0.2, 0.25) is 0 Å². The molecule has 1 unspecified atom stereocenters. The van der Waals surface area contributed by atoms with Crippen molar-refractivity contribution in [2.75, 3.05) is 19.5 Å². The Morgan fingerprint density at radius 2 is 1.90 bits per heavy atom. The van der Waals surface area contributed by atoms with Gasteiger partial charge in [0.1, 0.15) is 11.5 Å². The first-order valence-corrected chi connectivity index (χ1v) is 10.2. The predicted octanol–water partition coefficient (Wildman–Crippen LogP) is 4.27. The number of ether oxygens (including phenoxy) is 2. The molecule has 1 heterocycles. The standard InChI is InChI=1S/C22H24N4O3S/c1-5-13-26-20(16-9-11-18(28-3)12-10-16)24-25-22(26)30-15(2)21(27)23-17-7-6-8-19(14-17)29-4/h5-12,14-15H,1,13H2,2-4H3,(H,23,27). The monoisotopic (exact) mass is 424 g/mol. The number of thioether (sulfide) groups is 1. The highest BCUT2D eigenvalue weighted by molar-refractivity contribution is 8.00. The van der Waals surface area contributed by atoms with Gasteiger partial charge in [-0.15, -0.1) is 16.8 Å². The lowest BCUT2D eigenvalue weighted by Gasteiger charge is -2.13. The van der Waals surface area contributed by atoms with E-state index in [0.717, 1.165) is 11.3 Å². The molecule has 0 aliphatic rings. The Labute approximate surface area is 180 Å². The summed E-state index contributed by atoms with van der Waals surface area (Å²) in [6.07, 6.45) is 1.78. The number of anilines is 1. The van der Waals surface area contributed by atoms with E-state index in [1.165, 1.54) is 11.8 Å². The van der Waals surface area contributed by atoms with Crippen molar-refractivity contribution in [1.29, 1.82) is 0 Å². The number of benzene rings is 2. The summed E-state index contributed by atoms with van der Waals surface area (Å²) in [5.74, 6) is 2.03. The SMILES string of the molecule is C=CCn1c(SC(C)C(=O)Nc2cccc(OC)c2)nnc1-c1ccc(OC)cc1. The van der Waals surface area contributed by atoms with Gasteiger partial charge in [-0.3, -0.25) is 9.36 Å². The lowest BCUT2D eigenvalue weighted by atomic mass is 10.2. The van der Waals surface area contributed by atoms with E-state index in [0.29, 0.717) is 29.0 Å². The Hall–Kier alpha value is -3.26. The van der Waals surface area contributed by atoms with E-state index in [1.807, 2.05) is 54.0 Å². The molecule has 1 atom stereocenters. The number of nitrogens with zero attached hydrogens (tertiary/aromatic N) is 3. The number of amides is 1. The van der Waals surface area contributed by atoms with Gasteiger partial charge in [0.2, 0.25) is 5.91 Å². The molecule has 1 amide bonds. The Bertz CT molecular complexity index is 1020. The van der Waals surface area contributed by atoms with Crippen LogP contribution in [0.15, 0.2) is 66.3 Å². The van der Waals surface area contributed by atoms with Crippen LogP contribution < -0.4 is 14.8 Å². The normalized spacial score (nSPS) is 11.6. The molecular weight excluding hydrogens is 400 g/mol. The van der Waals surface area contributed by atoms with Gasteiger partial charge in [-0.25, -0.2) is 0 Å². The van der Waals surface area contributed by atoms with Gasteiger partial charge in [-0.05, 0) is 43.3 Å². The average Bonchev–Trinajstić information content (AvgIpc) is 3.16. The van der Waals surface area contributed by atoms with Crippen molar-refractivity contribution in [2.45, 2.75) is 23.9 Å². The number of hydrogen-bond acceptors (Lipinski definition) is 6. The summed E-state index contributed by atoms with van der Waals surface area (Å²) < 4.78 is 12.4. The quantitative estimate of drug-likeness (QED) is 0.408. The first-order valence-electron chi connectivity index (χ1n) is 9.35. The predicted molar refractivity (Wildman–Crippen MR) is 119 cm³/mol. The number of aromatic nitrogens is 3. The second-order valence-corrected chi connectivity index (χ2v) is 7.72. The third-order valence-corrected chi connectivity index (χ3v) is 5.45. The van der Waals surface area contributed by atoms with Crippen molar-refractivity contribution in [3.05, 3.63) is 61.2 Å². The summed E-state index contributed by atoms with van der Waals surface area (Å²) in [5, 5.41) is 11.8. The molecule has 0 aliphatic heterocycles. The summed E-state index contributed by atoms with van der Waals surface area (Å²) >= 11 is 1.34. The molecular formula is C22H24N4O3S. The van der Waals surface area contributed by atoms with Crippen molar-refractivity contribution in [3.63, 3.8) is 0 Å². The van der Waals surface area contributed by atoms with Crippen LogP contribution in [-0.2, 0) is 11.3 Å². The first-order chi connectivity index (χ1) is 14.5. The molecule has 30 heavy (non-hydrogen) atoms. The molecule has 0 radical (unpaired) electrons. The van der Waals surface area contributed by atoms with E-state index < -0.39 is 0 Å². The number of rotatable bonds is 9. The molecule has 0 saturated heterocycles.